The third-order valence-electron chi connectivity index (χ3n) is 2.68. The maximum Gasteiger partial charge on any atom is 0.319 e. The molecular formula is C14H16N2O3. The quantitative estimate of drug-likeness (QED) is 0.769. The molecule has 2 aromatic rings. The molecule has 1 heterocycles. The lowest BCUT2D eigenvalue weighted by atomic mass is 10.1. The smallest absolute Gasteiger partial charge is 0.319 e. The first-order chi connectivity index (χ1) is 9.19. The van der Waals surface area contributed by atoms with Crippen LogP contribution in [0.1, 0.15) is 5.76 Å². The Morgan fingerprint density at radius 1 is 1.37 bits per heavy atom. The number of hydrogen-bond donors (Lipinski definition) is 0. The Balaban J connectivity index is 2.00. The highest BCUT2D eigenvalue weighted by molar-refractivity contribution is 5.71. The maximum absolute atomic E-state index is 11.1. The normalized spacial score (nSPS) is 10.7. The molecule has 1 aromatic heterocycles. The van der Waals surface area contributed by atoms with Crippen molar-refractivity contribution < 1.29 is 14.1 Å². The van der Waals surface area contributed by atoms with Crippen molar-refractivity contribution >= 4 is 5.97 Å². The highest BCUT2D eigenvalue weighted by Gasteiger charge is 2.11. The summed E-state index contributed by atoms with van der Waals surface area (Å²) in [6.07, 6.45) is 0. The third-order valence-corrected chi connectivity index (χ3v) is 2.68. The van der Waals surface area contributed by atoms with Crippen LogP contribution < -0.4 is 0 Å². The number of ether oxygens (including phenoxy) is 1. The second kappa shape index (κ2) is 6.15. The van der Waals surface area contributed by atoms with E-state index in [2.05, 4.69) is 9.89 Å². The molecule has 0 atom stereocenters. The van der Waals surface area contributed by atoms with Gasteiger partial charge in [-0.3, -0.25) is 9.69 Å². The predicted molar refractivity (Wildman–Crippen MR) is 70.3 cm³/mol. The molecule has 5 nitrogen and oxygen atoms in total. The van der Waals surface area contributed by atoms with E-state index in [1.165, 1.54) is 7.11 Å². The largest absolute Gasteiger partial charge is 0.468 e. The molecule has 0 amide bonds. The van der Waals surface area contributed by atoms with E-state index in [1.54, 1.807) is 4.90 Å². The van der Waals surface area contributed by atoms with Gasteiger partial charge in [-0.1, -0.05) is 35.5 Å². The summed E-state index contributed by atoms with van der Waals surface area (Å²) in [5.74, 6) is 0.440. The van der Waals surface area contributed by atoms with Gasteiger partial charge in [0.1, 0.15) is 5.69 Å². The molecule has 1 aromatic carbocycles. The SMILES string of the molecule is COC(=O)CN(C)Cc1cc(-c2ccccc2)no1. The summed E-state index contributed by atoms with van der Waals surface area (Å²) in [5, 5.41) is 4.02. The Bertz CT molecular complexity index is 537. The number of rotatable bonds is 5. The fourth-order valence-corrected chi connectivity index (χ4v) is 1.74. The molecule has 0 unspecified atom stereocenters. The number of hydrogen-bond acceptors (Lipinski definition) is 5. The average molecular weight is 260 g/mol. The molecular weight excluding hydrogens is 244 g/mol. The van der Waals surface area contributed by atoms with Crippen LogP contribution in [-0.4, -0.2) is 36.7 Å². The van der Waals surface area contributed by atoms with Crippen molar-refractivity contribution in [3.8, 4) is 11.3 Å². The minimum absolute atomic E-state index is 0.220. The van der Waals surface area contributed by atoms with Crippen LogP contribution in [0.25, 0.3) is 11.3 Å². The molecule has 0 N–H and O–H groups in total. The molecule has 0 radical (unpaired) electrons. The van der Waals surface area contributed by atoms with Crippen molar-refractivity contribution in [3.63, 3.8) is 0 Å². The Hall–Kier alpha value is -2.14. The minimum atomic E-state index is -0.273. The first-order valence-corrected chi connectivity index (χ1v) is 5.95. The van der Waals surface area contributed by atoms with Gasteiger partial charge in [-0.05, 0) is 7.05 Å². The number of aromatic nitrogens is 1. The van der Waals surface area contributed by atoms with E-state index in [-0.39, 0.29) is 12.5 Å². The van der Waals surface area contributed by atoms with Gasteiger partial charge in [-0.25, -0.2) is 0 Å². The van der Waals surface area contributed by atoms with Crippen LogP contribution in [0.15, 0.2) is 40.9 Å². The summed E-state index contributed by atoms with van der Waals surface area (Å²) in [7, 11) is 3.19. The van der Waals surface area contributed by atoms with Gasteiger partial charge in [-0.15, -0.1) is 0 Å². The number of carbonyl (C=O) groups excluding carboxylic acids is 1. The summed E-state index contributed by atoms with van der Waals surface area (Å²) < 4.78 is 9.87. The molecule has 19 heavy (non-hydrogen) atoms. The molecule has 0 fully saturated rings. The average Bonchev–Trinajstić information content (AvgIpc) is 2.88. The first-order valence-electron chi connectivity index (χ1n) is 5.95. The zero-order valence-electron chi connectivity index (χ0n) is 11.0. The van der Waals surface area contributed by atoms with Crippen LogP contribution in [0.3, 0.4) is 0 Å². The summed E-state index contributed by atoms with van der Waals surface area (Å²) in [6.45, 7) is 0.729. The number of esters is 1. The van der Waals surface area contributed by atoms with E-state index >= 15 is 0 Å². The van der Waals surface area contributed by atoms with Crippen molar-refractivity contribution in [3.05, 3.63) is 42.2 Å². The van der Waals surface area contributed by atoms with Gasteiger partial charge in [0.2, 0.25) is 0 Å². The Labute approximate surface area is 111 Å². The van der Waals surface area contributed by atoms with Crippen molar-refractivity contribution in [2.45, 2.75) is 6.54 Å². The monoisotopic (exact) mass is 260 g/mol. The van der Waals surface area contributed by atoms with E-state index in [0.717, 1.165) is 11.3 Å². The fraction of sp³-hybridized carbons (Fsp3) is 0.286. The Kier molecular flexibility index (Phi) is 4.30. The van der Waals surface area contributed by atoms with E-state index < -0.39 is 0 Å². The Morgan fingerprint density at radius 3 is 2.79 bits per heavy atom. The maximum atomic E-state index is 11.1. The van der Waals surface area contributed by atoms with Crippen LogP contribution in [0, 0.1) is 0 Å². The molecule has 0 saturated heterocycles. The van der Waals surface area contributed by atoms with Crippen molar-refractivity contribution in [2.24, 2.45) is 0 Å². The Morgan fingerprint density at radius 2 is 2.11 bits per heavy atom. The van der Waals surface area contributed by atoms with E-state index in [9.17, 15) is 4.79 Å². The molecule has 0 aliphatic carbocycles. The zero-order valence-corrected chi connectivity index (χ0v) is 11.0. The van der Waals surface area contributed by atoms with E-state index in [4.69, 9.17) is 4.52 Å². The zero-order chi connectivity index (χ0) is 13.7. The second-order valence-electron chi connectivity index (χ2n) is 4.29. The predicted octanol–water partition coefficient (Wildman–Crippen LogP) is 1.95. The van der Waals surface area contributed by atoms with Crippen molar-refractivity contribution in [1.29, 1.82) is 0 Å². The van der Waals surface area contributed by atoms with Crippen LogP contribution in [-0.2, 0) is 16.1 Å². The first kappa shape index (κ1) is 13.3. The number of benzene rings is 1. The molecule has 2 rings (SSSR count). The minimum Gasteiger partial charge on any atom is -0.468 e. The van der Waals surface area contributed by atoms with Crippen LogP contribution in [0.2, 0.25) is 0 Å². The molecule has 0 saturated carbocycles. The molecule has 5 heteroatoms. The standard InChI is InChI=1S/C14H16N2O3/c1-16(10-14(17)18-2)9-12-8-13(15-19-12)11-6-4-3-5-7-11/h3-8H,9-10H2,1-2H3. The van der Waals surface area contributed by atoms with Crippen molar-refractivity contribution in [1.82, 2.24) is 10.1 Å². The van der Waals surface area contributed by atoms with Gasteiger partial charge in [0.05, 0.1) is 20.2 Å². The number of likely N-dealkylation sites (N-methyl/N-ethyl adjacent to an activating group) is 1. The number of carbonyl (C=O) groups is 1. The summed E-state index contributed by atoms with van der Waals surface area (Å²) in [5.41, 5.74) is 1.80. The third kappa shape index (κ3) is 3.66. The highest BCUT2D eigenvalue weighted by Crippen LogP contribution is 2.19. The van der Waals surface area contributed by atoms with Crippen LogP contribution >= 0.6 is 0 Å². The lowest BCUT2D eigenvalue weighted by Gasteiger charge is -2.12. The summed E-state index contributed by atoms with van der Waals surface area (Å²) in [4.78, 5) is 12.9. The fourth-order valence-electron chi connectivity index (χ4n) is 1.74. The van der Waals surface area contributed by atoms with E-state index in [1.807, 2.05) is 43.4 Å². The summed E-state index contributed by atoms with van der Waals surface area (Å²) >= 11 is 0. The van der Waals surface area contributed by atoms with E-state index in [0.29, 0.717) is 12.3 Å². The van der Waals surface area contributed by atoms with Gasteiger partial charge < -0.3 is 9.26 Å². The lowest BCUT2D eigenvalue weighted by Crippen LogP contribution is -2.26. The van der Waals surface area contributed by atoms with Gasteiger partial charge in [0.15, 0.2) is 5.76 Å². The van der Waals surface area contributed by atoms with Gasteiger partial charge in [-0.2, -0.15) is 0 Å². The van der Waals surface area contributed by atoms with Gasteiger partial charge in [0, 0.05) is 11.6 Å². The molecule has 0 spiro atoms. The molecule has 0 aliphatic heterocycles. The molecule has 0 aliphatic rings. The molecule has 100 valence electrons. The van der Waals surface area contributed by atoms with Crippen molar-refractivity contribution in [2.75, 3.05) is 20.7 Å². The lowest BCUT2D eigenvalue weighted by molar-refractivity contribution is -0.141. The van der Waals surface area contributed by atoms with Crippen LogP contribution in [0.4, 0.5) is 0 Å². The molecule has 0 bridgehead atoms. The topological polar surface area (TPSA) is 55.6 Å². The van der Waals surface area contributed by atoms with Gasteiger partial charge in [0.25, 0.3) is 0 Å². The summed E-state index contributed by atoms with van der Waals surface area (Å²) in [6, 6.07) is 11.7. The number of methoxy groups -OCH3 is 1. The van der Waals surface area contributed by atoms with Gasteiger partial charge >= 0.3 is 5.97 Å². The number of nitrogens with zero attached hydrogens (tertiary/aromatic N) is 2. The second-order valence-corrected chi connectivity index (χ2v) is 4.29. The highest BCUT2D eigenvalue weighted by atomic mass is 16.5. The van der Waals surface area contributed by atoms with Crippen LogP contribution in [0.5, 0.6) is 0 Å².